The molecule has 0 saturated carbocycles. The zero-order valence-electron chi connectivity index (χ0n) is 15.7. The zero-order valence-corrected chi connectivity index (χ0v) is 16.5. The predicted octanol–water partition coefficient (Wildman–Crippen LogP) is 3.00. The van der Waals surface area contributed by atoms with E-state index in [1.54, 1.807) is 13.0 Å². The second-order valence-electron chi connectivity index (χ2n) is 6.66. The summed E-state index contributed by atoms with van der Waals surface area (Å²) >= 11 is 0. The first kappa shape index (κ1) is 20.1. The van der Waals surface area contributed by atoms with Crippen LogP contribution < -0.4 is 5.32 Å². The molecular weight excluding hydrogens is 348 g/mol. The van der Waals surface area contributed by atoms with Gasteiger partial charge < -0.3 is 5.32 Å². The van der Waals surface area contributed by atoms with Gasteiger partial charge in [-0.1, -0.05) is 36.4 Å². The number of amides is 1. The van der Waals surface area contributed by atoms with Gasteiger partial charge in [-0.05, 0) is 49.9 Å². The lowest BCUT2D eigenvalue weighted by molar-refractivity contribution is 0.0937. The maximum Gasteiger partial charge on any atom is 0.251 e. The number of carbonyl (C=O) groups excluding carboxylic acids is 1. The summed E-state index contributed by atoms with van der Waals surface area (Å²) in [5.41, 5.74) is 2.36. The number of hydrogen-bond donors (Lipinski definition) is 1. The van der Waals surface area contributed by atoms with Crippen LogP contribution in [0.1, 0.15) is 34.8 Å². The Balaban J connectivity index is 2.09. The van der Waals surface area contributed by atoms with Gasteiger partial charge in [0, 0.05) is 25.7 Å². The van der Waals surface area contributed by atoms with E-state index in [1.807, 2.05) is 25.1 Å². The molecule has 1 amide bonds. The standard InChI is InChI=1S/C20H26N2O3S/c1-15-10-13-18(26(24,25)22(3)4)14-19(15)20(23)21-16(2)11-12-17-8-6-5-7-9-17/h5-10,13-14,16H,11-12H2,1-4H3,(H,21,23)/t16-/m1/s1. The van der Waals surface area contributed by atoms with E-state index in [-0.39, 0.29) is 16.8 Å². The first-order valence-corrected chi connectivity index (χ1v) is 10.0. The Morgan fingerprint density at radius 2 is 1.77 bits per heavy atom. The van der Waals surface area contributed by atoms with Gasteiger partial charge in [-0.2, -0.15) is 0 Å². The van der Waals surface area contributed by atoms with Crippen molar-refractivity contribution in [2.45, 2.75) is 37.6 Å². The molecule has 0 aliphatic heterocycles. The maximum atomic E-state index is 12.6. The minimum absolute atomic E-state index is 0.0174. The van der Waals surface area contributed by atoms with Gasteiger partial charge in [-0.3, -0.25) is 4.79 Å². The SMILES string of the molecule is Cc1ccc(S(=O)(=O)N(C)C)cc1C(=O)N[C@H](C)CCc1ccccc1. The fraction of sp³-hybridized carbons (Fsp3) is 0.350. The molecular formula is C20H26N2O3S. The minimum Gasteiger partial charge on any atom is -0.350 e. The first-order chi connectivity index (χ1) is 12.2. The van der Waals surface area contributed by atoms with Crippen LogP contribution in [0.4, 0.5) is 0 Å². The Bertz CT molecular complexity index is 862. The van der Waals surface area contributed by atoms with Gasteiger partial charge >= 0.3 is 0 Å². The van der Waals surface area contributed by atoms with Crippen LogP contribution in [0.3, 0.4) is 0 Å². The molecule has 0 aliphatic carbocycles. The molecule has 2 rings (SSSR count). The number of rotatable bonds is 7. The molecule has 26 heavy (non-hydrogen) atoms. The summed E-state index contributed by atoms with van der Waals surface area (Å²) in [6.45, 7) is 3.76. The lowest BCUT2D eigenvalue weighted by Crippen LogP contribution is -2.33. The van der Waals surface area contributed by atoms with E-state index < -0.39 is 10.0 Å². The van der Waals surface area contributed by atoms with Crippen LogP contribution in [0.25, 0.3) is 0 Å². The van der Waals surface area contributed by atoms with Crippen LogP contribution in [0.2, 0.25) is 0 Å². The van der Waals surface area contributed by atoms with Crippen molar-refractivity contribution in [3.63, 3.8) is 0 Å². The van der Waals surface area contributed by atoms with Crippen LogP contribution >= 0.6 is 0 Å². The molecule has 140 valence electrons. The third-order valence-electron chi connectivity index (χ3n) is 4.32. The van der Waals surface area contributed by atoms with E-state index in [0.29, 0.717) is 5.56 Å². The number of nitrogens with zero attached hydrogens (tertiary/aromatic N) is 1. The minimum atomic E-state index is -3.57. The Morgan fingerprint density at radius 1 is 1.12 bits per heavy atom. The Labute approximate surface area is 156 Å². The molecule has 0 aliphatic rings. The number of sulfonamides is 1. The van der Waals surface area contributed by atoms with E-state index in [2.05, 4.69) is 17.4 Å². The summed E-state index contributed by atoms with van der Waals surface area (Å²) in [6.07, 6.45) is 1.68. The maximum absolute atomic E-state index is 12.6. The van der Waals surface area contributed by atoms with Crippen molar-refractivity contribution in [1.29, 1.82) is 0 Å². The van der Waals surface area contributed by atoms with Gasteiger partial charge in [0.1, 0.15) is 0 Å². The Hall–Kier alpha value is -2.18. The van der Waals surface area contributed by atoms with E-state index in [9.17, 15) is 13.2 Å². The predicted molar refractivity (Wildman–Crippen MR) is 104 cm³/mol. The average molecular weight is 375 g/mol. The fourth-order valence-electron chi connectivity index (χ4n) is 2.62. The summed E-state index contributed by atoms with van der Waals surface area (Å²) in [7, 11) is -0.625. The highest BCUT2D eigenvalue weighted by Crippen LogP contribution is 2.18. The Morgan fingerprint density at radius 3 is 2.38 bits per heavy atom. The smallest absolute Gasteiger partial charge is 0.251 e. The number of aryl methyl sites for hydroxylation is 2. The molecule has 1 atom stereocenters. The zero-order chi connectivity index (χ0) is 19.3. The summed E-state index contributed by atoms with van der Waals surface area (Å²) in [4.78, 5) is 12.7. The molecule has 2 aromatic rings. The molecule has 0 spiro atoms. The molecule has 0 heterocycles. The van der Waals surface area contributed by atoms with Gasteiger partial charge in [0.25, 0.3) is 5.91 Å². The molecule has 0 saturated heterocycles. The Kier molecular flexibility index (Phi) is 6.56. The number of nitrogens with one attached hydrogen (secondary N) is 1. The van der Waals surface area contributed by atoms with Crippen LogP contribution in [0.5, 0.6) is 0 Å². The van der Waals surface area contributed by atoms with Crippen molar-refractivity contribution in [3.05, 3.63) is 65.2 Å². The highest BCUT2D eigenvalue weighted by Gasteiger charge is 2.20. The molecule has 5 nitrogen and oxygen atoms in total. The van der Waals surface area contributed by atoms with Crippen LogP contribution in [-0.4, -0.2) is 38.8 Å². The normalized spacial score (nSPS) is 12.8. The van der Waals surface area contributed by atoms with Crippen LogP contribution in [-0.2, 0) is 16.4 Å². The molecule has 6 heteroatoms. The number of hydrogen-bond acceptors (Lipinski definition) is 3. The van der Waals surface area contributed by atoms with E-state index in [1.165, 1.54) is 31.8 Å². The van der Waals surface area contributed by atoms with Gasteiger partial charge in [0.15, 0.2) is 0 Å². The highest BCUT2D eigenvalue weighted by atomic mass is 32.2. The lowest BCUT2D eigenvalue weighted by Gasteiger charge is -2.17. The highest BCUT2D eigenvalue weighted by molar-refractivity contribution is 7.89. The molecule has 0 radical (unpaired) electrons. The summed E-state index contributed by atoms with van der Waals surface area (Å²) in [6, 6.07) is 14.7. The fourth-order valence-corrected chi connectivity index (χ4v) is 3.55. The molecule has 2 aromatic carbocycles. The van der Waals surface area contributed by atoms with Crippen LogP contribution in [0.15, 0.2) is 53.4 Å². The average Bonchev–Trinajstić information content (AvgIpc) is 2.60. The first-order valence-electron chi connectivity index (χ1n) is 8.60. The quantitative estimate of drug-likeness (QED) is 0.810. The summed E-state index contributed by atoms with van der Waals surface area (Å²) in [5, 5.41) is 2.97. The van der Waals surface area contributed by atoms with E-state index in [0.717, 1.165) is 22.7 Å². The second kappa shape index (κ2) is 8.47. The molecule has 0 unspecified atom stereocenters. The van der Waals surface area contributed by atoms with E-state index in [4.69, 9.17) is 0 Å². The summed E-state index contributed by atoms with van der Waals surface area (Å²) in [5.74, 6) is -0.251. The van der Waals surface area contributed by atoms with Gasteiger partial charge in [0.2, 0.25) is 10.0 Å². The monoisotopic (exact) mass is 374 g/mol. The van der Waals surface area contributed by atoms with Gasteiger partial charge in [-0.25, -0.2) is 12.7 Å². The van der Waals surface area contributed by atoms with E-state index >= 15 is 0 Å². The number of carbonyl (C=O) groups is 1. The molecule has 0 fully saturated rings. The summed E-state index contributed by atoms with van der Waals surface area (Å²) < 4.78 is 25.7. The van der Waals surface area contributed by atoms with Crippen molar-refractivity contribution in [2.75, 3.05) is 14.1 Å². The number of benzene rings is 2. The van der Waals surface area contributed by atoms with Crippen molar-refractivity contribution in [1.82, 2.24) is 9.62 Å². The third-order valence-corrected chi connectivity index (χ3v) is 6.13. The molecule has 0 aromatic heterocycles. The molecule has 0 bridgehead atoms. The topological polar surface area (TPSA) is 66.5 Å². The lowest BCUT2D eigenvalue weighted by atomic mass is 10.0. The van der Waals surface area contributed by atoms with Crippen molar-refractivity contribution in [3.8, 4) is 0 Å². The molecule has 1 N–H and O–H groups in total. The van der Waals surface area contributed by atoms with Gasteiger partial charge in [0.05, 0.1) is 4.90 Å². The van der Waals surface area contributed by atoms with Gasteiger partial charge in [-0.15, -0.1) is 0 Å². The van der Waals surface area contributed by atoms with Crippen molar-refractivity contribution >= 4 is 15.9 Å². The third kappa shape index (κ3) is 4.93. The van der Waals surface area contributed by atoms with Crippen LogP contribution in [0, 0.1) is 6.92 Å². The van der Waals surface area contributed by atoms with Crippen molar-refractivity contribution < 1.29 is 13.2 Å². The largest absolute Gasteiger partial charge is 0.350 e. The second-order valence-corrected chi connectivity index (χ2v) is 8.81. The van der Waals surface area contributed by atoms with Crippen molar-refractivity contribution in [2.24, 2.45) is 0 Å².